The average molecular weight is 374 g/mol. The van der Waals surface area contributed by atoms with Crippen molar-refractivity contribution in [2.24, 2.45) is 7.05 Å². The highest BCUT2D eigenvalue weighted by molar-refractivity contribution is 6.29. The van der Waals surface area contributed by atoms with E-state index in [4.69, 9.17) is 11.6 Å². The summed E-state index contributed by atoms with van der Waals surface area (Å²) >= 11 is 5.86. The Labute approximate surface area is 148 Å². The molecule has 0 spiro atoms. The maximum absolute atomic E-state index is 12.3. The molecule has 0 fully saturated rings. The molecular weight excluding hydrogens is 366 g/mol. The second kappa shape index (κ2) is 5.96. The molecule has 0 aliphatic rings. The molecule has 13 nitrogen and oxygen atoms in total. The number of pyridine rings is 1. The van der Waals surface area contributed by atoms with Crippen molar-refractivity contribution in [3.8, 4) is 5.82 Å². The fourth-order valence-corrected chi connectivity index (χ4v) is 2.24. The van der Waals surface area contributed by atoms with Gasteiger partial charge in [-0.3, -0.25) is 14.9 Å². The fraction of sp³-hybridized carbons (Fsp3) is 0.0833. The zero-order chi connectivity index (χ0) is 18.3. The van der Waals surface area contributed by atoms with Gasteiger partial charge in [-0.2, -0.15) is 24.4 Å². The third kappa shape index (κ3) is 2.65. The van der Waals surface area contributed by atoms with Crippen LogP contribution in [-0.4, -0.2) is 55.5 Å². The smallest absolute Gasteiger partial charge is 0.288 e. The molecule has 4 aromatic rings. The maximum atomic E-state index is 12.3. The molecule has 0 aliphatic heterocycles. The maximum Gasteiger partial charge on any atom is 0.306 e. The minimum absolute atomic E-state index is 0.0557. The molecule has 4 rings (SSSR count). The Morgan fingerprint density at radius 3 is 2.85 bits per heavy atom. The van der Waals surface area contributed by atoms with Crippen LogP contribution in [0.15, 0.2) is 29.3 Å². The van der Waals surface area contributed by atoms with Gasteiger partial charge in [-0.25, -0.2) is 9.67 Å². The van der Waals surface area contributed by atoms with Crippen molar-refractivity contribution in [2.45, 2.75) is 0 Å². The quantitative estimate of drug-likeness (QED) is 0.450. The number of aryl methyl sites for hydroxylation is 1. The summed E-state index contributed by atoms with van der Waals surface area (Å²) in [5, 5.41) is 21.2. The van der Waals surface area contributed by atoms with Gasteiger partial charge in [0.15, 0.2) is 5.82 Å². The Morgan fingerprint density at radius 1 is 1.27 bits per heavy atom. The lowest BCUT2D eigenvalue weighted by molar-refractivity contribution is 0.101. The number of fused-ring (bicyclic) bond motifs is 1. The van der Waals surface area contributed by atoms with Gasteiger partial charge in [0.25, 0.3) is 11.7 Å². The third-order valence-electron chi connectivity index (χ3n) is 3.26. The number of nitrogens with zero attached hydrogens (tertiary/aromatic N) is 10. The molecule has 26 heavy (non-hydrogen) atoms. The van der Waals surface area contributed by atoms with Crippen molar-refractivity contribution in [3.05, 3.63) is 45.7 Å². The van der Waals surface area contributed by atoms with Crippen LogP contribution in [0.5, 0.6) is 0 Å². The molecule has 4 aromatic heterocycles. The predicted molar refractivity (Wildman–Crippen MR) is 85.9 cm³/mol. The van der Waals surface area contributed by atoms with E-state index < -0.39 is 17.2 Å². The summed E-state index contributed by atoms with van der Waals surface area (Å²) in [7, 11) is 1.53. The average Bonchev–Trinajstić information content (AvgIpc) is 3.20. The third-order valence-corrected chi connectivity index (χ3v) is 3.47. The summed E-state index contributed by atoms with van der Waals surface area (Å²) in [5.74, 6) is -0.332. The minimum Gasteiger partial charge on any atom is -0.288 e. The first-order valence-electron chi connectivity index (χ1n) is 7.04. The molecule has 0 saturated carbocycles. The Kier molecular flexibility index (Phi) is 3.62. The van der Waals surface area contributed by atoms with E-state index in [0.29, 0.717) is 5.82 Å². The molecule has 0 unspecified atom stereocenters. The van der Waals surface area contributed by atoms with E-state index in [0.717, 1.165) is 0 Å². The van der Waals surface area contributed by atoms with E-state index in [9.17, 15) is 9.59 Å². The van der Waals surface area contributed by atoms with Crippen molar-refractivity contribution < 1.29 is 4.79 Å². The number of nitrogens with one attached hydrogen (secondary N) is 1. The van der Waals surface area contributed by atoms with Crippen LogP contribution in [0.2, 0.25) is 5.15 Å². The summed E-state index contributed by atoms with van der Waals surface area (Å²) < 4.78 is 3.67. The van der Waals surface area contributed by atoms with E-state index in [-0.39, 0.29) is 16.9 Å². The molecule has 0 bridgehead atoms. The summed E-state index contributed by atoms with van der Waals surface area (Å²) in [4.78, 5) is 32.4. The number of rotatable bonds is 3. The number of anilines is 1. The largest absolute Gasteiger partial charge is 0.306 e. The first-order valence-corrected chi connectivity index (χ1v) is 7.42. The number of hydrogen-bond donors (Lipinski definition) is 1. The van der Waals surface area contributed by atoms with Gasteiger partial charge in [0.1, 0.15) is 11.5 Å². The Balaban J connectivity index is 1.75. The first kappa shape index (κ1) is 15.8. The fourth-order valence-electron chi connectivity index (χ4n) is 2.08. The zero-order valence-corrected chi connectivity index (χ0v) is 13.7. The van der Waals surface area contributed by atoms with E-state index in [1.807, 2.05) is 0 Å². The molecular formula is C12H8ClN11O2. The number of carbonyl (C=O) groups is 1. The molecule has 0 aliphatic carbocycles. The second-order valence-electron chi connectivity index (χ2n) is 4.95. The second-order valence-corrected chi connectivity index (χ2v) is 5.34. The van der Waals surface area contributed by atoms with Crippen LogP contribution in [0.3, 0.4) is 0 Å². The number of aromatic nitrogens is 10. The highest BCUT2D eigenvalue weighted by Gasteiger charge is 2.19. The van der Waals surface area contributed by atoms with Crippen LogP contribution in [0, 0.1) is 0 Å². The lowest BCUT2D eigenvalue weighted by Gasteiger charge is -2.03. The van der Waals surface area contributed by atoms with Crippen molar-refractivity contribution >= 4 is 29.2 Å². The summed E-state index contributed by atoms with van der Waals surface area (Å²) in [6, 6.07) is 4.90. The Hall–Kier alpha value is -3.74. The van der Waals surface area contributed by atoms with Gasteiger partial charge in [0, 0.05) is 7.05 Å². The standard InChI is InChI=1S/C12H8ClN11O2/c1-22-11(18-20-21-22)16-9(25)8-10(26)17-12-23(19-8)5-14-24(12)7-4-2-3-6(13)15-7/h2-5H,1H3,(H,16,18,21,25). The van der Waals surface area contributed by atoms with Gasteiger partial charge in [-0.15, -0.1) is 0 Å². The van der Waals surface area contributed by atoms with Crippen molar-refractivity contribution in [2.75, 3.05) is 5.32 Å². The lowest BCUT2D eigenvalue weighted by Crippen LogP contribution is -2.28. The molecule has 0 aromatic carbocycles. The van der Waals surface area contributed by atoms with Crippen LogP contribution in [0.25, 0.3) is 11.6 Å². The lowest BCUT2D eigenvalue weighted by atomic mass is 10.4. The van der Waals surface area contributed by atoms with Gasteiger partial charge in [0.05, 0.1) is 0 Å². The minimum atomic E-state index is -0.846. The Morgan fingerprint density at radius 2 is 2.12 bits per heavy atom. The Bertz CT molecular complexity index is 1190. The van der Waals surface area contributed by atoms with Crippen LogP contribution < -0.4 is 10.9 Å². The van der Waals surface area contributed by atoms with E-state index in [2.05, 4.69) is 41.0 Å². The van der Waals surface area contributed by atoms with E-state index >= 15 is 0 Å². The molecule has 0 saturated heterocycles. The molecule has 0 atom stereocenters. The topological polar surface area (TPSA) is 151 Å². The molecule has 4 heterocycles. The molecule has 1 N–H and O–H groups in total. The van der Waals surface area contributed by atoms with Gasteiger partial charge < -0.3 is 0 Å². The highest BCUT2D eigenvalue weighted by Crippen LogP contribution is 2.10. The van der Waals surface area contributed by atoms with Crippen LogP contribution >= 0.6 is 11.6 Å². The number of hydrogen-bond acceptors (Lipinski definition) is 9. The molecule has 1 amide bonds. The van der Waals surface area contributed by atoms with Crippen molar-refractivity contribution in [1.29, 1.82) is 0 Å². The SMILES string of the molecule is Cn1nnnc1NC(=O)c1nn2cnn(-c3cccc(Cl)n3)c2nc1=O. The van der Waals surface area contributed by atoms with Gasteiger partial charge in [-0.1, -0.05) is 22.8 Å². The van der Waals surface area contributed by atoms with E-state index in [1.165, 1.54) is 27.3 Å². The number of tetrazole rings is 1. The summed E-state index contributed by atoms with van der Waals surface area (Å²) in [6.45, 7) is 0. The van der Waals surface area contributed by atoms with Gasteiger partial charge in [-0.05, 0) is 22.6 Å². The van der Waals surface area contributed by atoms with Crippen LogP contribution in [-0.2, 0) is 7.05 Å². The number of carbonyl (C=O) groups excluding carboxylic acids is 1. The molecule has 0 radical (unpaired) electrons. The van der Waals surface area contributed by atoms with Crippen molar-refractivity contribution in [1.82, 2.24) is 49.6 Å². The summed E-state index contributed by atoms with van der Waals surface area (Å²) in [6.07, 6.45) is 1.28. The number of halogens is 1. The highest BCUT2D eigenvalue weighted by atomic mass is 35.5. The van der Waals surface area contributed by atoms with Crippen molar-refractivity contribution in [3.63, 3.8) is 0 Å². The number of amides is 1. The predicted octanol–water partition coefficient (Wildman–Crippen LogP) is -0.901. The van der Waals surface area contributed by atoms with Crippen LogP contribution in [0.1, 0.15) is 10.5 Å². The van der Waals surface area contributed by atoms with Crippen LogP contribution in [0.4, 0.5) is 5.95 Å². The van der Waals surface area contributed by atoms with E-state index in [1.54, 1.807) is 18.2 Å². The normalized spacial score (nSPS) is 11.0. The molecule has 14 heteroatoms. The monoisotopic (exact) mass is 373 g/mol. The first-order chi connectivity index (χ1) is 12.5. The van der Waals surface area contributed by atoms with Gasteiger partial charge >= 0.3 is 5.56 Å². The van der Waals surface area contributed by atoms with Gasteiger partial charge in [0.2, 0.25) is 11.6 Å². The summed E-state index contributed by atoms with van der Waals surface area (Å²) in [5.41, 5.74) is -1.29. The molecule has 130 valence electrons. The zero-order valence-electron chi connectivity index (χ0n) is 13.0.